The van der Waals surface area contributed by atoms with Gasteiger partial charge in [0.15, 0.2) is 0 Å². The topological polar surface area (TPSA) is 79.8 Å². The summed E-state index contributed by atoms with van der Waals surface area (Å²) < 4.78 is 10.1. The summed E-state index contributed by atoms with van der Waals surface area (Å²) in [7, 11) is 1.56. The summed E-state index contributed by atoms with van der Waals surface area (Å²) in [4.78, 5) is 11.6. The molecule has 0 bridgehead atoms. The van der Waals surface area contributed by atoms with Crippen LogP contribution in [0.5, 0.6) is 0 Å². The maximum absolute atomic E-state index is 11.6. The Morgan fingerprint density at radius 2 is 1.81 bits per heavy atom. The molecule has 0 aromatic heterocycles. The van der Waals surface area contributed by atoms with Gasteiger partial charge in [0.1, 0.15) is 5.60 Å². The number of aliphatic hydroxyl groups is 1. The number of alkyl carbamates (subject to hydrolysis) is 1. The van der Waals surface area contributed by atoms with Gasteiger partial charge in [-0.05, 0) is 39.2 Å². The van der Waals surface area contributed by atoms with Gasteiger partial charge < -0.3 is 25.2 Å². The Labute approximate surface area is 128 Å². The smallest absolute Gasteiger partial charge is 0.407 e. The highest BCUT2D eigenvalue weighted by Gasteiger charge is 2.19. The molecule has 6 heteroatoms. The maximum Gasteiger partial charge on any atom is 0.407 e. The standard InChI is InChI=1S/C15H32N2O4/c1-11(2)12(7-16-9-13(18)10-20-6)8-17-14(19)21-15(3,4)5/h11-13,16,18H,7-10H2,1-6H3,(H,17,19). The lowest BCUT2D eigenvalue weighted by molar-refractivity contribution is 0.0509. The molecule has 0 rings (SSSR count). The van der Waals surface area contributed by atoms with E-state index >= 15 is 0 Å². The molecule has 0 aromatic rings. The highest BCUT2D eigenvalue weighted by Crippen LogP contribution is 2.10. The number of methoxy groups -OCH3 is 1. The lowest BCUT2D eigenvalue weighted by Gasteiger charge is -2.24. The molecule has 0 saturated carbocycles. The molecule has 0 aromatic carbocycles. The van der Waals surface area contributed by atoms with Crippen LogP contribution in [0.3, 0.4) is 0 Å². The van der Waals surface area contributed by atoms with Crippen molar-refractivity contribution in [2.75, 3.05) is 33.4 Å². The second-order valence-corrected chi connectivity index (χ2v) is 6.65. The predicted molar refractivity (Wildman–Crippen MR) is 83.3 cm³/mol. The van der Waals surface area contributed by atoms with Crippen LogP contribution in [-0.2, 0) is 9.47 Å². The molecule has 0 spiro atoms. The number of carbonyl (C=O) groups is 1. The van der Waals surface area contributed by atoms with Crippen molar-refractivity contribution in [3.05, 3.63) is 0 Å². The van der Waals surface area contributed by atoms with E-state index in [0.717, 1.165) is 0 Å². The summed E-state index contributed by atoms with van der Waals surface area (Å²) in [5, 5.41) is 15.6. The predicted octanol–water partition coefficient (Wildman–Crippen LogP) is 1.38. The second kappa shape index (κ2) is 9.97. The van der Waals surface area contributed by atoms with Crippen LogP contribution in [0.1, 0.15) is 34.6 Å². The third-order valence-corrected chi connectivity index (χ3v) is 3.00. The molecule has 0 fully saturated rings. The monoisotopic (exact) mass is 304 g/mol. The van der Waals surface area contributed by atoms with Crippen LogP contribution in [0.2, 0.25) is 0 Å². The largest absolute Gasteiger partial charge is 0.444 e. The zero-order valence-corrected chi connectivity index (χ0v) is 14.2. The Hall–Kier alpha value is -0.850. The van der Waals surface area contributed by atoms with Crippen molar-refractivity contribution in [1.29, 1.82) is 0 Å². The van der Waals surface area contributed by atoms with E-state index in [4.69, 9.17) is 9.47 Å². The fraction of sp³-hybridized carbons (Fsp3) is 0.933. The second-order valence-electron chi connectivity index (χ2n) is 6.65. The van der Waals surface area contributed by atoms with Crippen molar-refractivity contribution >= 4 is 6.09 Å². The summed E-state index contributed by atoms with van der Waals surface area (Å²) in [6.07, 6.45) is -0.908. The SMILES string of the molecule is COCC(O)CNCC(CNC(=O)OC(C)(C)C)C(C)C. The summed E-state index contributed by atoms with van der Waals surface area (Å²) in [6, 6.07) is 0. The van der Waals surface area contributed by atoms with Gasteiger partial charge in [-0.1, -0.05) is 13.8 Å². The van der Waals surface area contributed by atoms with Crippen LogP contribution in [0.4, 0.5) is 4.79 Å². The minimum atomic E-state index is -0.512. The third kappa shape index (κ3) is 11.5. The Morgan fingerprint density at radius 1 is 1.19 bits per heavy atom. The average molecular weight is 304 g/mol. The molecule has 1 amide bonds. The van der Waals surface area contributed by atoms with Gasteiger partial charge in [0.05, 0.1) is 12.7 Å². The summed E-state index contributed by atoms with van der Waals surface area (Å²) >= 11 is 0. The van der Waals surface area contributed by atoms with Crippen LogP contribution in [0.15, 0.2) is 0 Å². The highest BCUT2D eigenvalue weighted by atomic mass is 16.6. The Bertz CT molecular complexity index is 290. The Morgan fingerprint density at radius 3 is 2.29 bits per heavy atom. The normalized spacial score (nSPS) is 14.9. The van der Waals surface area contributed by atoms with Crippen molar-refractivity contribution in [2.24, 2.45) is 11.8 Å². The minimum Gasteiger partial charge on any atom is -0.444 e. The van der Waals surface area contributed by atoms with Crippen molar-refractivity contribution < 1.29 is 19.4 Å². The molecule has 2 unspecified atom stereocenters. The van der Waals surface area contributed by atoms with Crippen LogP contribution in [0, 0.1) is 11.8 Å². The van der Waals surface area contributed by atoms with Crippen molar-refractivity contribution in [3.8, 4) is 0 Å². The number of hydrogen-bond acceptors (Lipinski definition) is 5. The highest BCUT2D eigenvalue weighted by molar-refractivity contribution is 5.67. The quantitative estimate of drug-likeness (QED) is 0.600. The maximum atomic E-state index is 11.6. The molecule has 0 aliphatic rings. The molecular weight excluding hydrogens is 272 g/mol. The lowest BCUT2D eigenvalue weighted by Crippen LogP contribution is -2.41. The van der Waals surface area contributed by atoms with Crippen molar-refractivity contribution in [3.63, 3.8) is 0 Å². The van der Waals surface area contributed by atoms with E-state index in [1.165, 1.54) is 0 Å². The van der Waals surface area contributed by atoms with Gasteiger partial charge in [-0.15, -0.1) is 0 Å². The van der Waals surface area contributed by atoms with E-state index < -0.39 is 17.8 Å². The number of carbonyl (C=O) groups excluding carboxylic acids is 1. The molecule has 21 heavy (non-hydrogen) atoms. The number of hydrogen-bond donors (Lipinski definition) is 3. The zero-order valence-electron chi connectivity index (χ0n) is 14.2. The molecule has 0 radical (unpaired) electrons. The third-order valence-electron chi connectivity index (χ3n) is 3.00. The summed E-state index contributed by atoms with van der Waals surface area (Å²) in [5.74, 6) is 0.680. The minimum absolute atomic E-state index is 0.271. The fourth-order valence-electron chi connectivity index (χ4n) is 1.76. The van der Waals surface area contributed by atoms with Crippen LogP contribution in [0.25, 0.3) is 0 Å². The van der Waals surface area contributed by atoms with E-state index in [2.05, 4.69) is 24.5 Å². The van der Waals surface area contributed by atoms with Crippen LogP contribution in [-0.4, -0.2) is 56.3 Å². The molecule has 2 atom stereocenters. The average Bonchev–Trinajstić information content (AvgIpc) is 2.31. The van der Waals surface area contributed by atoms with Gasteiger partial charge in [-0.2, -0.15) is 0 Å². The first kappa shape index (κ1) is 20.1. The molecule has 0 heterocycles. The van der Waals surface area contributed by atoms with E-state index in [1.54, 1.807) is 7.11 Å². The van der Waals surface area contributed by atoms with E-state index in [0.29, 0.717) is 32.2 Å². The molecule has 126 valence electrons. The molecule has 0 saturated heterocycles. The van der Waals surface area contributed by atoms with E-state index in [1.807, 2.05) is 20.8 Å². The molecule has 3 N–H and O–H groups in total. The number of nitrogens with one attached hydrogen (secondary N) is 2. The Kier molecular flexibility index (Phi) is 9.57. The zero-order chi connectivity index (χ0) is 16.5. The lowest BCUT2D eigenvalue weighted by atomic mass is 9.96. The number of rotatable bonds is 9. The van der Waals surface area contributed by atoms with Gasteiger partial charge in [-0.25, -0.2) is 4.79 Å². The molecule has 0 aliphatic carbocycles. The number of ether oxygens (including phenoxy) is 2. The van der Waals surface area contributed by atoms with Crippen molar-refractivity contribution in [1.82, 2.24) is 10.6 Å². The first-order valence-electron chi connectivity index (χ1n) is 7.50. The molecule has 0 aliphatic heterocycles. The Balaban J connectivity index is 4.05. The van der Waals surface area contributed by atoms with Crippen LogP contribution < -0.4 is 10.6 Å². The molecular formula is C15H32N2O4. The molecule has 6 nitrogen and oxygen atoms in total. The van der Waals surface area contributed by atoms with Gasteiger partial charge in [0, 0.05) is 20.2 Å². The first-order valence-corrected chi connectivity index (χ1v) is 7.50. The van der Waals surface area contributed by atoms with Gasteiger partial charge in [0.2, 0.25) is 0 Å². The van der Waals surface area contributed by atoms with Gasteiger partial charge in [0.25, 0.3) is 0 Å². The van der Waals surface area contributed by atoms with E-state index in [9.17, 15) is 9.90 Å². The summed E-state index contributed by atoms with van der Waals surface area (Å²) in [6.45, 7) is 11.8. The first-order chi connectivity index (χ1) is 9.65. The van der Waals surface area contributed by atoms with Crippen LogP contribution >= 0.6 is 0 Å². The van der Waals surface area contributed by atoms with E-state index in [-0.39, 0.29) is 5.92 Å². The summed E-state index contributed by atoms with van der Waals surface area (Å²) in [5.41, 5.74) is -0.486. The fourth-order valence-corrected chi connectivity index (χ4v) is 1.76. The number of aliphatic hydroxyl groups excluding tert-OH is 1. The van der Waals surface area contributed by atoms with Crippen molar-refractivity contribution in [2.45, 2.75) is 46.3 Å². The number of amides is 1. The van der Waals surface area contributed by atoms with Gasteiger partial charge >= 0.3 is 6.09 Å². The van der Waals surface area contributed by atoms with Gasteiger partial charge in [-0.3, -0.25) is 0 Å².